The molecule has 28 heavy (non-hydrogen) atoms. The minimum absolute atomic E-state index is 0.191. The minimum atomic E-state index is -4.47. The zero-order valence-corrected chi connectivity index (χ0v) is 16.1. The van der Waals surface area contributed by atoms with Gasteiger partial charge in [0, 0.05) is 18.7 Å². The van der Waals surface area contributed by atoms with Crippen LogP contribution in [0.15, 0.2) is 42.5 Å². The number of nitrogens with one attached hydrogen (secondary N) is 1. The van der Waals surface area contributed by atoms with Crippen LogP contribution >= 0.6 is 0 Å². The molecule has 0 heterocycles. The van der Waals surface area contributed by atoms with Gasteiger partial charge >= 0.3 is 6.18 Å². The van der Waals surface area contributed by atoms with Gasteiger partial charge in [-0.3, -0.25) is 4.79 Å². The fraction of sp³-hybridized carbons (Fsp3) is 0.409. The number of nitrogens with zero attached hydrogens (tertiary/aromatic N) is 1. The number of carbonyl (C=O) groups excluding carboxylic acids is 1. The molecule has 2 aromatic rings. The quantitative estimate of drug-likeness (QED) is 0.691. The molecule has 0 spiro atoms. The standard InChI is InChI=1S/C22H25F3N2O/c1-15-8-6-7-11-18(15)21(28)26-19-14-16(22(23,24)25)12-13-20(19)27(2)17-9-4-3-5-10-17/h6-8,11-14,17H,3-5,9-10H2,1-2H3,(H,26,28). The molecule has 0 aromatic heterocycles. The van der Waals surface area contributed by atoms with Crippen molar-refractivity contribution in [3.05, 3.63) is 59.2 Å². The summed E-state index contributed by atoms with van der Waals surface area (Å²) in [6, 6.07) is 10.9. The molecule has 0 atom stereocenters. The van der Waals surface area contributed by atoms with Crippen LogP contribution < -0.4 is 10.2 Å². The van der Waals surface area contributed by atoms with E-state index in [0.29, 0.717) is 11.3 Å². The summed E-state index contributed by atoms with van der Waals surface area (Å²) in [5.41, 5.74) is 1.26. The summed E-state index contributed by atoms with van der Waals surface area (Å²) in [5, 5.41) is 2.72. The Labute approximate surface area is 163 Å². The molecule has 6 heteroatoms. The molecule has 3 rings (SSSR count). The van der Waals surface area contributed by atoms with Crippen LogP contribution in [-0.4, -0.2) is 19.0 Å². The van der Waals surface area contributed by atoms with Gasteiger partial charge in [-0.05, 0) is 49.6 Å². The summed E-state index contributed by atoms with van der Waals surface area (Å²) in [5.74, 6) is -0.407. The summed E-state index contributed by atoms with van der Waals surface area (Å²) < 4.78 is 39.8. The van der Waals surface area contributed by atoms with Crippen molar-refractivity contribution in [3.8, 4) is 0 Å². The number of aryl methyl sites for hydroxylation is 1. The third-order valence-corrected chi connectivity index (χ3v) is 5.46. The summed E-state index contributed by atoms with van der Waals surface area (Å²) in [4.78, 5) is 14.7. The Kier molecular flexibility index (Phi) is 5.96. The van der Waals surface area contributed by atoms with Crippen LogP contribution in [0, 0.1) is 6.92 Å². The summed E-state index contributed by atoms with van der Waals surface area (Å²) in [7, 11) is 1.89. The van der Waals surface area contributed by atoms with Crippen LogP contribution in [0.3, 0.4) is 0 Å². The number of halogens is 3. The number of hydrogen-bond acceptors (Lipinski definition) is 2. The highest BCUT2D eigenvalue weighted by molar-refractivity contribution is 6.06. The first-order chi connectivity index (χ1) is 13.3. The van der Waals surface area contributed by atoms with Crippen molar-refractivity contribution in [2.75, 3.05) is 17.3 Å². The lowest BCUT2D eigenvalue weighted by molar-refractivity contribution is -0.137. The Hall–Kier alpha value is -2.50. The molecule has 1 amide bonds. The average Bonchev–Trinajstić information content (AvgIpc) is 2.67. The molecular formula is C22H25F3N2O. The number of rotatable bonds is 4. The van der Waals surface area contributed by atoms with E-state index in [1.807, 2.05) is 18.0 Å². The maximum absolute atomic E-state index is 13.3. The summed E-state index contributed by atoms with van der Waals surface area (Å²) >= 11 is 0. The molecule has 1 aliphatic rings. The Bertz CT molecular complexity index is 842. The van der Waals surface area contributed by atoms with Crippen molar-refractivity contribution >= 4 is 17.3 Å². The number of carbonyl (C=O) groups is 1. The molecule has 1 aliphatic carbocycles. The van der Waals surface area contributed by atoms with Crippen molar-refractivity contribution in [2.24, 2.45) is 0 Å². The normalized spacial score (nSPS) is 15.3. The summed E-state index contributed by atoms with van der Waals surface area (Å²) in [6.07, 6.45) is 0.949. The Balaban J connectivity index is 1.95. The van der Waals surface area contributed by atoms with Crippen molar-refractivity contribution < 1.29 is 18.0 Å². The summed E-state index contributed by atoms with van der Waals surface area (Å²) in [6.45, 7) is 1.80. The molecule has 0 aliphatic heterocycles. The van der Waals surface area contributed by atoms with E-state index in [4.69, 9.17) is 0 Å². The van der Waals surface area contributed by atoms with Gasteiger partial charge in [0.25, 0.3) is 5.91 Å². The number of anilines is 2. The minimum Gasteiger partial charge on any atom is -0.370 e. The first-order valence-corrected chi connectivity index (χ1v) is 9.58. The maximum Gasteiger partial charge on any atom is 0.416 e. The van der Waals surface area contributed by atoms with Gasteiger partial charge in [0.2, 0.25) is 0 Å². The maximum atomic E-state index is 13.3. The van der Waals surface area contributed by atoms with Gasteiger partial charge in [-0.1, -0.05) is 37.5 Å². The highest BCUT2D eigenvalue weighted by Crippen LogP contribution is 2.37. The van der Waals surface area contributed by atoms with E-state index in [2.05, 4.69) is 5.32 Å². The smallest absolute Gasteiger partial charge is 0.370 e. The van der Waals surface area contributed by atoms with Crippen LogP contribution in [0.25, 0.3) is 0 Å². The van der Waals surface area contributed by atoms with E-state index in [9.17, 15) is 18.0 Å². The fourth-order valence-corrected chi connectivity index (χ4v) is 3.80. The van der Waals surface area contributed by atoms with Crippen LogP contribution in [0.1, 0.15) is 53.6 Å². The van der Waals surface area contributed by atoms with Gasteiger partial charge in [0.1, 0.15) is 0 Å². The predicted octanol–water partition coefficient (Wildman–Crippen LogP) is 6.04. The number of amides is 1. The van der Waals surface area contributed by atoms with Crippen molar-refractivity contribution in [1.29, 1.82) is 0 Å². The van der Waals surface area contributed by atoms with E-state index in [-0.39, 0.29) is 11.7 Å². The first-order valence-electron chi connectivity index (χ1n) is 9.58. The fourth-order valence-electron chi connectivity index (χ4n) is 3.80. The largest absolute Gasteiger partial charge is 0.416 e. The highest BCUT2D eigenvalue weighted by Gasteiger charge is 2.32. The third-order valence-electron chi connectivity index (χ3n) is 5.46. The SMILES string of the molecule is Cc1ccccc1C(=O)Nc1cc(C(F)(F)F)ccc1N(C)C1CCCCC1. The number of hydrogen-bond donors (Lipinski definition) is 1. The second-order valence-electron chi connectivity index (χ2n) is 7.40. The second-order valence-corrected chi connectivity index (χ2v) is 7.40. The molecule has 2 aromatic carbocycles. The molecule has 0 bridgehead atoms. The Morgan fingerprint density at radius 1 is 1.07 bits per heavy atom. The van der Waals surface area contributed by atoms with E-state index >= 15 is 0 Å². The van der Waals surface area contributed by atoms with Crippen molar-refractivity contribution in [2.45, 2.75) is 51.2 Å². The van der Waals surface area contributed by atoms with Crippen LogP contribution in [0.5, 0.6) is 0 Å². The monoisotopic (exact) mass is 390 g/mol. The van der Waals surface area contributed by atoms with Crippen molar-refractivity contribution in [3.63, 3.8) is 0 Å². The Morgan fingerprint density at radius 3 is 2.39 bits per heavy atom. The predicted molar refractivity (Wildman–Crippen MR) is 106 cm³/mol. The zero-order valence-electron chi connectivity index (χ0n) is 16.1. The van der Waals surface area contributed by atoms with Crippen molar-refractivity contribution in [1.82, 2.24) is 0 Å². The van der Waals surface area contributed by atoms with Gasteiger partial charge < -0.3 is 10.2 Å². The topological polar surface area (TPSA) is 32.3 Å². The molecule has 150 valence electrons. The van der Waals surface area contributed by atoms with Crippen LogP contribution in [0.2, 0.25) is 0 Å². The van der Waals surface area contributed by atoms with Crippen LogP contribution in [-0.2, 0) is 6.18 Å². The molecule has 1 N–H and O–H groups in total. The average molecular weight is 390 g/mol. The second kappa shape index (κ2) is 8.25. The Morgan fingerprint density at radius 2 is 1.75 bits per heavy atom. The number of alkyl halides is 3. The van der Waals surface area contributed by atoms with E-state index < -0.39 is 17.6 Å². The number of benzene rings is 2. The lowest BCUT2D eigenvalue weighted by atomic mass is 9.94. The zero-order chi connectivity index (χ0) is 20.3. The van der Waals surface area contributed by atoms with Gasteiger partial charge in [-0.25, -0.2) is 0 Å². The molecule has 0 saturated heterocycles. The third kappa shape index (κ3) is 4.49. The molecule has 0 unspecified atom stereocenters. The highest BCUT2D eigenvalue weighted by atomic mass is 19.4. The molecule has 0 radical (unpaired) electrons. The van der Waals surface area contributed by atoms with Gasteiger partial charge in [-0.15, -0.1) is 0 Å². The van der Waals surface area contributed by atoms with Gasteiger partial charge in [0.05, 0.1) is 16.9 Å². The molecule has 3 nitrogen and oxygen atoms in total. The van der Waals surface area contributed by atoms with Crippen LogP contribution in [0.4, 0.5) is 24.5 Å². The lowest BCUT2D eigenvalue weighted by Crippen LogP contribution is -2.34. The van der Waals surface area contributed by atoms with E-state index in [1.165, 1.54) is 12.5 Å². The molecule has 1 fully saturated rings. The first kappa shape index (κ1) is 20.2. The van der Waals surface area contributed by atoms with Gasteiger partial charge in [-0.2, -0.15) is 13.2 Å². The lowest BCUT2D eigenvalue weighted by Gasteiger charge is -2.34. The van der Waals surface area contributed by atoms with E-state index in [1.54, 1.807) is 25.1 Å². The van der Waals surface area contributed by atoms with E-state index in [0.717, 1.165) is 43.4 Å². The molecule has 1 saturated carbocycles. The molecular weight excluding hydrogens is 365 g/mol. The van der Waals surface area contributed by atoms with Gasteiger partial charge in [0.15, 0.2) is 0 Å².